The molecule has 3 N–H and O–H groups in total. The fourth-order valence-electron chi connectivity index (χ4n) is 3.71. The maximum Gasteiger partial charge on any atom is 0.338 e. The number of halogens is 1. The van der Waals surface area contributed by atoms with E-state index in [1.54, 1.807) is 42.2 Å². The molecule has 8 nitrogen and oxygen atoms in total. The van der Waals surface area contributed by atoms with Gasteiger partial charge in [-0.15, -0.1) is 0 Å². The van der Waals surface area contributed by atoms with Crippen LogP contribution in [0.25, 0.3) is 0 Å². The van der Waals surface area contributed by atoms with E-state index >= 15 is 0 Å². The lowest BCUT2D eigenvalue weighted by atomic mass is 9.94. The molecule has 0 saturated heterocycles. The largest absolute Gasteiger partial charge is 0.462 e. The molecule has 2 aromatic carbocycles. The predicted octanol–water partition coefficient (Wildman–Crippen LogP) is 6.04. The maximum absolute atomic E-state index is 13.0. The van der Waals surface area contributed by atoms with Crippen LogP contribution >= 0.6 is 15.9 Å². The Kier molecular flexibility index (Phi) is 8.92. The van der Waals surface area contributed by atoms with Gasteiger partial charge in [-0.2, -0.15) is 0 Å². The smallest absolute Gasteiger partial charge is 0.338 e. The summed E-state index contributed by atoms with van der Waals surface area (Å²) in [6, 6.07) is 13.0. The summed E-state index contributed by atoms with van der Waals surface area (Å²) in [5.41, 5.74) is 2.92. The Labute approximate surface area is 214 Å². The zero-order valence-corrected chi connectivity index (χ0v) is 21.9. The van der Waals surface area contributed by atoms with Crippen molar-refractivity contribution < 1.29 is 19.1 Å². The summed E-state index contributed by atoms with van der Waals surface area (Å²) >= 11 is 3.40. The first kappa shape index (κ1) is 26.3. The van der Waals surface area contributed by atoms with Gasteiger partial charge in [0.05, 0.1) is 23.9 Å². The Balaban J connectivity index is 1.80. The lowest BCUT2D eigenvalue weighted by molar-refractivity contribution is -0.140. The number of ether oxygens (including phenoxy) is 1. The Hall–Kier alpha value is -3.33. The molecular weight excluding hydrogens is 512 g/mol. The molecule has 0 aromatic heterocycles. The molecule has 0 radical (unpaired) electrons. The zero-order chi connectivity index (χ0) is 25.5. The van der Waals surface area contributed by atoms with Crippen molar-refractivity contribution in [3.05, 3.63) is 69.8 Å². The second kappa shape index (κ2) is 11.9. The van der Waals surface area contributed by atoms with E-state index in [4.69, 9.17) is 4.74 Å². The molecular formula is C26H31BrN4O4. The van der Waals surface area contributed by atoms with Crippen LogP contribution in [0.5, 0.6) is 0 Å². The van der Waals surface area contributed by atoms with E-state index in [0.717, 1.165) is 10.9 Å². The summed E-state index contributed by atoms with van der Waals surface area (Å²) in [4.78, 5) is 39.8. The van der Waals surface area contributed by atoms with E-state index in [1.807, 2.05) is 39.0 Å². The Morgan fingerprint density at radius 2 is 1.80 bits per heavy atom. The van der Waals surface area contributed by atoms with Crippen molar-refractivity contribution in [3.63, 3.8) is 0 Å². The number of amides is 4. The number of benzene rings is 2. The highest BCUT2D eigenvalue weighted by molar-refractivity contribution is 9.10. The number of hydrogen-bond acceptors (Lipinski definition) is 4. The van der Waals surface area contributed by atoms with Crippen molar-refractivity contribution in [1.82, 2.24) is 10.2 Å². The van der Waals surface area contributed by atoms with E-state index in [2.05, 4.69) is 31.9 Å². The number of hydrogen-bond donors (Lipinski definition) is 3. The van der Waals surface area contributed by atoms with Crippen LogP contribution < -0.4 is 16.0 Å². The monoisotopic (exact) mass is 542 g/mol. The van der Waals surface area contributed by atoms with Gasteiger partial charge < -0.3 is 20.7 Å². The topological polar surface area (TPSA) is 99.8 Å². The summed E-state index contributed by atoms with van der Waals surface area (Å²) < 4.78 is 6.30. The summed E-state index contributed by atoms with van der Waals surface area (Å²) in [7, 11) is 0. The molecule has 1 atom stereocenters. The minimum Gasteiger partial charge on any atom is -0.462 e. The summed E-state index contributed by atoms with van der Waals surface area (Å²) in [5.74, 6) is -0.256. The van der Waals surface area contributed by atoms with Crippen molar-refractivity contribution >= 4 is 45.3 Å². The van der Waals surface area contributed by atoms with Crippen LogP contribution in [0.2, 0.25) is 0 Å². The Bertz CT molecular complexity index is 1110. The van der Waals surface area contributed by atoms with Crippen molar-refractivity contribution in [1.29, 1.82) is 0 Å². The van der Waals surface area contributed by atoms with Crippen molar-refractivity contribution in [2.75, 3.05) is 23.8 Å². The molecule has 35 heavy (non-hydrogen) atoms. The van der Waals surface area contributed by atoms with Gasteiger partial charge in [-0.25, -0.2) is 14.4 Å². The van der Waals surface area contributed by atoms with Gasteiger partial charge in [-0.3, -0.25) is 4.90 Å². The normalized spacial score (nSPS) is 15.7. The van der Waals surface area contributed by atoms with Crippen LogP contribution in [0.3, 0.4) is 0 Å². The first-order valence-electron chi connectivity index (χ1n) is 11.6. The van der Waals surface area contributed by atoms with Crippen molar-refractivity contribution in [2.24, 2.45) is 5.92 Å². The van der Waals surface area contributed by atoms with E-state index in [1.165, 1.54) is 0 Å². The highest BCUT2D eigenvalue weighted by atomic mass is 79.9. The molecule has 2 aromatic rings. The highest BCUT2D eigenvalue weighted by Gasteiger charge is 2.36. The van der Waals surface area contributed by atoms with E-state index in [9.17, 15) is 14.4 Å². The van der Waals surface area contributed by atoms with Gasteiger partial charge >= 0.3 is 18.0 Å². The summed E-state index contributed by atoms with van der Waals surface area (Å²) in [5, 5.41) is 8.51. The quantitative estimate of drug-likeness (QED) is 0.354. The van der Waals surface area contributed by atoms with Crippen LogP contribution in [0.15, 0.2) is 64.3 Å². The second-order valence-electron chi connectivity index (χ2n) is 8.71. The predicted molar refractivity (Wildman–Crippen MR) is 140 cm³/mol. The molecule has 4 amide bonds. The third-order valence-corrected chi connectivity index (χ3v) is 6.13. The van der Waals surface area contributed by atoms with Gasteiger partial charge in [0.25, 0.3) is 0 Å². The molecule has 0 saturated carbocycles. The third kappa shape index (κ3) is 6.63. The van der Waals surface area contributed by atoms with Crippen LogP contribution in [-0.2, 0) is 9.53 Å². The van der Waals surface area contributed by atoms with Gasteiger partial charge in [-0.1, -0.05) is 45.0 Å². The first-order valence-corrected chi connectivity index (χ1v) is 12.4. The van der Waals surface area contributed by atoms with Gasteiger partial charge in [0.15, 0.2) is 0 Å². The minimum absolute atomic E-state index is 0.191. The molecule has 9 heteroatoms. The molecule has 0 spiro atoms. The number of esters is 1. The van der Waals surface area contributed by atoms with E-state index in [-0.39, 0.29) is 18.0 Å². The third-order valence-electron chi connectivity index (χ3n) is 5.44. The molecule has 3 rings (SSSR count). The zero-order valence-electron chi connectivity index (χ0n) is 20.4. The number of carbonyl (C=O) groups is 3. The number of urea groups is 2. The average Bonchev–Trinajstić information content (AvgIpc) is 2.82. The molecule has 186 valence electrons. The standard InChI is InChI=1S/C26H31BrN4O4/c1-5-14-31-17(4)22(24(32)35-15-16(2)3)23(30-26(31)34)18-10-12-19(13-11-18)28-25(33)29-21-9-7-6-8-20(21)27/h6-13,16,23H,5,14-15H2,1-4H3,(H,30,34)(H2,28,29,33)/t23-/m1/s1. The number of anilines is 2. The fourth-order valence-corrected chi connectivity index (χ4v) is 4.10. The van der Waals surface area contributed by atoms with Crippen molar-refractivity contribution in [2.45, 2.75) is 40.2 Å². The molecule has 0 fully saturated rings. The maximum atomic E-state index is 13.0. The highest BCUT2D eigenvalue weighted by Crippen LogP contribution is 2.32. The molecule has 1 aliphatic heterocycles. The number of rotatable bonds is 8. The Morgan fingerprint density at radius 1 is 1.11 bits per heavy atom. The average molecular weight is 543 g/mol. The van der Waals surface area contributed by atoms with Gasteiger partial charge in [0, 0.05) is 22.4 Å². The fraction of sp³-hybridized carbons (Fsp3) is 0.346. The molecule has 0 unspecified atom stereocenters. The van der Waals surface area contributed by atoms with Gasteiger partial charge in [0.1, 0.15) is 0 Å². The number of allylic oxidation sites excluding steroid dienone is 1. The number of nitrogens with zero attached hydrogens (tertiary/aromatic N) is 1. The van der Waals surface area contributed by atoms with Crippen LogP contribution in [0, 0.1) is 5.92 Å². The molecule has 1 heterocycles. The van der Waals surface area contributed by atoms with Gasteiger partial charge in [0.2, 0.25) is 0 Å². The van der Waals surface area contributed by atoms with Crippen LogP contribution in [-0.4, -0.2) is 36.1 Å². The van der Waals surface area contributed by atoms with E-state index < -0.39 is 12.0 Å². The van der Waals surface area contributed by atoms with Crippen LogP contribution in [0.4, 0.5) is 21.0 Å². The summed E-state index contributed by atoms with van der Waals surface area (Å²) in [6.07, 6.45) is 0.756. The van der Waals surface area contributed by atoms with Gasteiger partial charge in [-0.05, 0) is 65.0 Å². The van der Waals surface area contributed by atoms with E-state index in [0.29, 0.717) is 41.4 Å². The molecule has 0 bridgehead atoms. The lowest BCUT2D eigenvalue weighted by Gasteiger charge is -2.35. The number of nitrogens with one attached hydrogen (secondary N) is 3. The number of carbonyl (C=O) groups excluding carboxylic acids is 3. The molecule has 0 aliphatic carbocycles. The Morgan fingerprint density at radius 3 is 2.43 bits per heavy atom. The minimum atomic E-state index is -0.654. The SMILES string of the molecule is CCCN1C(=O)N[C@H](c2ccc(NC(=O)Nc3ccccc3Br)cc2)C(C(=O)OCC(C)C)=C1C. The van der Waals surface area contributed by atoms with Crippen molar-refractivity contribution in [3.8, 4) is 0 Å². The second-order valence-corrected chi connectivity index (χ2v) is 9.56. The summed E-state index contributed by atoms with van der Waals surface area (Å²) in [6.45, 7) is 8.48. The lowest BCUT2D eigenvalue weighted by Crippen LogP contribution is -2.48. The van der Waals surface area contributed by atoms with Crippen LogP contribution in [0.1, 0.15) is 45.7 Å². The molecule has 1 aliphatic rings. The first-order chi connectivity index (χ1) is 16.7. The number of para-hydroxylation sites is 1.